The van der Waals surface area contributed by atoms with Gasteiger partial charge in [0.25, 0.3) is 0 Å². The predicted molar refractivity (Wildman–Crippen MR) is 75.9 cm³/mol. The Kier molecular flexibility index (Phi) is 4.59. The molecule has 0 amide bonds. The zero-order valence-electron chi connectivity index (χ0n) is 10.1. The Labute approximate surface area is 117 Å². The van der Waals surface area contributed by atoms with E-state index in [4.69, 9.17) is 23.2 Å². The minimum absolute atomic E-state index is 0.524. The summed E-state index contributed by atoms with van der Waals surface area (Å²) in [5.74, 6) is 0. The van der Waals surface area contributed by atoms with Crippen molar-refractivity contribution in [3.63, 3.8) is 0 Å². The van der Waals surface area contributed by atoms with E-state index in [1.165, 1.54) is 5.56 Å². The SMILES string of the molecule is CN(Cc1ccc(Cl)nc1)Cc1cccc(Cl)c1. The Morgan fingerprint density at radius 1 is 1.06 bits per heavy atom. The maximum Gasteiger partial charge on any atom is 0.129 e. The second-order valence-electron chi connectivity index (χ2n) is 4.29. The molecule has 1 aromatic carbocycles. The minimum Gasteiger partial charge on any atom is -0.298 e. The van der Waals surface area contributed by atoms with Crippen molar-refractivity contribution in [2.75, 3.05) is 7.05 Å². The molecule has 2 nitrogen and oxygen atoms in total. The van der Waals surface area contributed by atoms with Gasteiger partial charge in [-0.1, -0.05) is 41.4 Å². The molecular formula is C14H14Cl2N2. The van der Waals surface area contributed by atoms with Crippen molar-refractivity contribution in [2.45, 2.75) is 13.1 Å². The van der Waals surface area contributed by atoms with Crippen LogP contribution in [0.2, 0.25) is 10.2 Å². The lowest BCUT2D eigenvalue weighted by Gasteiger charge is -2.16. The van der Waals surface area contributed by atoms with E-state index in [2.05, 4.69) is 23.0 Å². The van der Waals surface area contributed by atoms with E-state index < -0.39 is 0 Å². The van der Waals surface area contributed by atoms with Gasteiger partial charge in [-0.25, -0.2) is 4.98 Å². The van der Waals surface area contributed by atoms with Gasteiger partial charge >= 0.3 is 0 Å². The highest BCUT2D eigenvalue weighted by molar-refractivity contribution is 6.30. The number of aromatic nitrogens is 1. The van der Waals surface area contributed by atoms with Gasteiger partial charge in [0.15, 0.2) is 0 Å². The molecule has 0 aliphatic rings. The van der Waals surface area contributed by atoms with E-state index >= 15 is 0 Å². The lowest BCUT2D eigenvalue weighted by Crippen LogP contribution is -2.17. The monoisotopic (exact) mass is 280 g/mol. The van der Waals surface area contributed by atoms with Crippen LogP contribution in [0.5, 0.6) is 0 Å². The molecule has 94 valence electrons. The molecular weight excluding hydrogens is 267 g/mol. The summed E-state index contributed by atoms with van der Waals surface area (Å²) in [5, 5.41) is 1.30. The summed E-state index contributed by atoms with van der Waals surface area (Å²) in [7, 11) is 2.06. The molecule has 1 heterocycles. The first-order valence-electron chi connectivity index (χ1n) is 5.67. The zero-order valence-corrected chi connectivity index (χ0v) is 11.6. The Morgan fingerprint density at radius 2 is 1.83 bits per heavy atom. The van der Waals surface area contributed by atoms with Gasteiger partial charge in [-0.2, -0.15) is 0 Å². The zero-order chi connectivity index (χ0) is 13.0. The van der Waals surface area contributed by atoms with Gasteiger partial charge in [0.05, 0.1) is 0 Å². The highest BCUT2D eigenvalue weighted by Crippen LogP contribution is 2.13. The number of nitrogens with zero attached hydrogens (tertiary/aromatic N) is 2. The Hall–Kier alpha value is -1.09. The Bertz CT molecular complexity index is 511. The molecule has 0 aliphatic carbocycles. The van der Waals surface area contributed by atoms with Gasteiger partial charge in [0, 0.05) is 24.3 Å². The van der Waals surface area contributed by atoms with E-state index in [1.807, 2.05) is 30.3 Å². The lowest BCUT2D eigenvalue weighted by atomic mass is 10.2. The van der Waals surface area contributed by atoms with E-state index in [1.54, 1.807) is 6.20 Å². The van der Waals surface area contributed by atoms with Crippen LogP contribution in [0, 0.1) is 0 Å². The second kappa shape index (κ2) is 6.19. The summed E-state index contributed by atoms with van der Waals surface area (Å²) in [5.41, 5.74) is 2.34. The van der Waals surface area contributed by atoms with Crippen molar-refractivity contribution in [1.82, 2.24) is 9.88 Å². The molecule has 18 heavy (non-hydrogen) atoms. The standard InChI is InChI=1S/C14H14Cl2N2/c1-18(9-11-3-2-4-13(15)7-11)10-12-5-6-14(16)17-8-12/h2-8H,9-10H2,1H3. The van der Waals surface area contributed by atoms with Crippen molar-refractivity contribution >= 4 is 23.2 Å². The van der Waals surface area contributed by atoms with E-state index in [-0.39, 0.29) is 0 Å². The van der Waals surface area contributed by atoms with Crippen LogP contribution in [0.4, 0.5) is 0 Å². The number of hydrogen-bond acceptors (Lipinski definition) is 2. The first-order chi connectivity index (χ1) is 8.63. The van der Waals surface area contributed by atoms with Gasteiger partial charge < -0.3 is 0 Å². The number of rotatable bonds is 4. The average molecular weight is 281 g/mol. The number of halogens is 2. The Morgan fingerprint density at radius 3 is 2.50 bits per heavy atom. The molecule has 4 heteroatoms. The molecule has 1 aromatic heterocycles. The van der Waals surface area contributed by atoms with Gasteiger partial charge in [-0.05, 0) is 36.4 Å². The third-order valence-corrected chi connectivity index (χ3v) is 3.04. The van der Waals surface area contributed by atoms with Crippen molar-refractivity contribution in [3.05, 3.63) is 63.9 Å². The van der Waals surface area contributed by atoms with Crippen LogP contribution in [0.1, 0.15) is 11.1 Å². The third-order valence-electron chi connectivity index (χ3n) is 2.58. The lowest BCUT2D eigenvalue weighted by molar-refractivity contribution is 0.318. The highest BCUT2D eigenvalue weighted by atomic mass is 35.5. The van der Waals surface area contributed by atoms with Gasteiger partial charge in [-0.15, -0.1) is 0 Å². The van der Waals surface area contributed by atoms with Crippen LogP contribution < -0.4 is 0 Å². The van der Waals surface area contributed by atoms with E-state index in [9.17, 15) is 0 Å². The smallest absolute Gasteiger partial charge is 0.129 e. The second-order valence-corrected chi connectivity index (χ2v) is 5.12. The topological polar surface area (TPSA) is 16.1 Å². The first-order valence-corrected chi connectivity index (χ1v) is 6.42. The minimum atomic E-state index is 0.524. The van der Waals surface area contributed by atoms with Crippen LogP contribution in [0.25, 0.3) is 0 Å². The van der Waals surface area contributed by atoms with E-state index in [0.29, 0.717) is 5.15 Å². The van der Waals surface area contributed by atoms with Crippen molar-refractivity contribution in [1.29, 1.82) is 0 Å². The van der Waals surface area contributed by atoms with E-state index in [0.717, 1.165) is 23.7 Å². The normalized spacial score (nSPS) is 10.9. The van der Waals surface area contributed by atoms with Crippen LogP contribution >= 0.6 is 23.2 Å². The quantitative estimate of drug-likeness (QED) is 0.787. The highest BCUT2D eigenvalue weighted by Gasteiger charge is 2.03. The summed E-state index contributed by atoms with van der Waals surface area (Å²) < 4.78 is 0. The number of hydrogen-bond donors (Lipinski definition) is 0. The molecule has 0 saturated heterocycles. The van der Waals surface area contributed by atoms with Gasteiger partial charge in [0.1, 0.15) is 5.15 Å². The molecule has 0 saturated carbocycles. The Balaban J connectivity index is 1.96. The molecule has 2 rings (SSSR count). The third kappa shape index (κ3) is 3.98. The van der Waals surface area contributed by atoms with Crippen molar-refractivity contribution in [3.8, 4) is 0 Å². The molecule has 0 unspecified atom stereocenters. The fraction of sp³-hybridized carbons (Fsp3) is 0.214. The van der Waals surface area contributed by atoms with Crippen LogP contribution in [0.3, 0.4) is 0 Å². The molecule has 2 aromatic rings. The molecule has 0 aliphatic heterocycles. The summed E-state index contributed by atoms with van der Waals surface area (Å²) in [6, 6.07) is 11.7. The summed E-state index contributed by atoms with van der Waals surface area (Å²) in [4.78, 5) is 6.28. The first kappa shape index (κ1) is 13.3. The molecule has 0 atom stereocenters. The number of pyridine rings is 1. The molecule has 0 spiro atoms. The number of benzene rings is 1. The molecule has 0 bridgehead atoms. The van der Waals surface area contributed by atoms with Crippen molar-refractivity contribution in [2.24, 2.45) is 0 Å². The van der Waals surface area contributed by atoms with Crippen LogP contribution in [-0.2, 0) is 13.1 Å². The molecule has 0 radical (unpaired) electrons. The fourth-order valence-electron chi connectivity index (χ4n) is 1.81. The maximum atomic E-state index is 5.96. The average Bonchev–Trinajstić information content (AvgIpc) is 2.32. The largest absolute Gasteiger partial charge is 0.298 e. The van der Waals surface area contributed by atoms with Gasteiger partial charge in [-0.3, -0.25) is 4.90 Å². The predicted octanol–water partition coefficient (Wildman–Crippen LogP) is 4.02. The molecule has 0 N–H and O–H groups in total. The van der Waals surface area contributed by atoms with Crippen LogP contribution in [-0.4, -0.2) is 16.9 Å². The molecule has 0 fully saturated rings. The van der Waals surface area contributed by atoms with Crippen molar-refractivity contribution < 1.29 is 0 Å². The summed E-state index contributed by atoms with van der Waals surface area (Å²) in [6.07, 6.45) is 1.80. The fourth-order valence-corrected chi connectivity index (χ4v) is 2.14. The maximum absolute atomic E-state index is 5.96. The summed E-state index contributed by atoms with van der Waals surface area (Å²) >= 11 is 11.7. The van der Waals surface area contributed by atoms with Crippen LogP contribution in [0.15, 0.2) is 42.6 Å². The van der Waals surface area contributed by atoms with Gasteiger partial charge in [0.2, 0.25) is 0 Å². The summed E-state index contributed by atoms with van der Waals surface area (Å²) in [6.45, 7) is 1.68.